The Bertz CT molecular complexity index is 549. The fraction of sp³-hybridized carbons (Fsp3) is 0.524. The lowest BCUT2D eigenvalue weighted by atomic mass is 10.1. The van der Waals surface area contributed by atoms with Gasteiger partial charge >= 0.3 is 11.9 Å². The molecule has 0 atom stereocenters. The summed E-state index contributed by atoms with van der Waals surface area (Å²) < 4.78 is 10.5. The molecule has 0 saturated carbocycles. The Morgan fingerprint density at radius 2 is 1.52 bits per heavy atom. The van der Waals surface area contributed by atoms with E-state index in [-0.39, 0.29) is 0 Å². The highest BCUT2D eigenvalue weighted by molar-refractivity contribution is 5.95. The maximum atomic E-state index is 12.1. The molecule has 0 saturated heterocycles. The molecule has 0 aromatic heterocycles. The van der Waals surface area contributed by atoms with Crippen molar-refractivity contribution in [1.82, 2.24) is 0 Å². The Labute approximate surface area is 151 Å². The van der Waals surface area contributed by atoms with Crippen LogP contribution in [0.2, 0.25) is 0 Å². The molecule has 4 nitrogen and oxygen atoms in total. The van der Waals surface area contributed by atoms with Crippen LogP contribution in [0.25, 0.3) is 0 Å². The van der Waals surface area contributed by atoms with Gasteiger partial charge in [-0.25, -0.2) is 9.59 Å². The highest BCUT2D eigenvalue weighted by atomic mass is 16.5. The van der Waals surface area contributed by atoms with Gasteiger partial charge in [0.15, 0.2) is 0 Å². The maximum absolute atomic E-state index is 12.1. The summed E-state index contributed by atoms with van der Waals surface area (Å²) in [6.07, 6.45) is 11.2. The van der Waals surface area contributed by atoms with Crippen LogP contribution in [0.15, 0.2) is 36.4 Å². The fourth-order valence-corrected chi connectivity index (χ4v) is 2.31. The van der Waals surface area contributed by atoms with Gasteiger partial charge in [0.1, 0.15) is 0 Å². The molecular formula is C21H30O4. The van der Waals surface area contributed by atoms with Crippen LogP contribution < -0.4 is 0 Å². The molecule has 0 amide bonds. The number of carbonyl (C=O) groups excluding carboxylic acids is 2. The molecule has 0 bridgehead atoms. The van der Waals surface area contributed by atoms with Gasteiger partial charge in [-0.05, 0) is 37.5 Å². The molecule has 25 heavy (non-hydrogen) atoms. The largest absolute Gasteiger partial charge is 0.462 e. The molecule has 0 radical (unpaired) electrons. The van der Waals surface area contributed by atoms with E-state index in [1.165, 1.54) is 25.3 Å². The predicted octanol–water partition coefficient (Wildman–Crippen LogP) is 5.33. The first-order chi connectivity index (χ1) is 12.2. The minimum atomic E-state index is -0.417. The van der Waals surface area contributed by atoms with E-state index in [0.29, 0.717) is 30.8 Å². The van der Waals surface area contributed by atoms with Crippen molar-refractivity contribution >= 4 is 11.9 Å². The molecule has 138 valence electrons. The van der Waals surface area contributed by atoms with Gasteiger partial charge in [-0.1, -0.05) is 57.7 Å². The van der Waals surface area contributed by atoms with Crippen LogP contribution in [-0.2, 0) is 9.47 Å². The van der Waals surface area contributed by atoms with Crippen molar-refractivity contribution in [3.63, 3.8) is 0 Å². The van der Waals surface area contributed by atoms with Gasteiger partial charge in [0.05, 0.1) is 24.3 Å². The monoisotopic (exact) mass is 346 g/mol. The molecule has 1 aromatic carbocycles. The molecule has 0 aliphatic rings. The van der Waals surface area contributed by atoms with Gasteiger partial charge in [-0.15, -0.1) is 0 Å². The average molecular weight is 346 g/mol. The van der Waals surface area contributed by atoms with E-state index in [1.807, 2.05) is 12.2 Å². The Kier molecular flexibility index (Phi) is 11.1. The molecular weight excluding hydrogens is 316 g/mol. The lowest BCUT2D eigenvalue weighted by molar-refractivity contribution is 0.0497. The second-order valence-corrected chi connectivity index (χ2v) is 5.94. The van der Waals surface area contributed by atoms with Crippen molar-refractivity contribution in [2.45, 2.75) is 58.8 Å². The van der Waals surface area contributed by atoms with E-state index < -0.39 is 11.9 Å². The normalized spacial score (nSPS) is 10.8. The van der Waals surface area contributed by atoms with E-state index in [4.69, 9.17) is 9.47 Å². The van der Waals surface area contributed by atoms with E-state index in [0.717, 1.165) is 19.3 Å². The molecule has 0 N–H and O–H groups in total. The summed E-state index contributed by atoms with van der Waals surface area (Å²) >= 11 is 0. The minimum absolute atomic E-state index is 0.335. The zero-order chi connectivity index (χ0) is 18.3. The van der Waals surface area contributed by atoms with Crippen molar-refractivity contribution in [1.29, 1.82) is 0 Å². The Hall–Kier alpha value is -2.10. The molecule has 1 rings (SSSR count). The molecule has 0 aliphatic heterocycles. The molecule has 0 unspecified atom stereocenters. The van der Waals surface area contributed by atoms with Crippen molar-refractivity contribution < 1.29 is 19.1 Å². The average Bonchev–Trinajstić information content (AvgIpc) is 2.64. The van der Waals surface area contributed by atoms with Crippen molar-refractivity contribution in [3.8, 4) is 0 Å². The van der Waals surface area contributed by atoms with Gasteiger partial charge < -0.3 is 9.47 Å². The fourth-order valence-electron chi connectivity index (χ4n) is 2.31. The van der Waals surface area contributed by atoms with Gasteiger partial charge in [0, 0.05) is 0 Å². The van der Waals surface area contributed by atoms with Crippen LogP contribution in [0.1, 0.15) is 79.5 Å². The van der Waals surface area contributed by atoms with Crippen LogP contribution in [0.3, 0.4) is 0 Å². The zero-order valence-corrected chi connectivity index (χ0v) is 15.5. The highest BCUT2D eigenvalue weighted by Crippen LogP contribution is 2.10. The van der Waals surface area contributed by atoms with E-state index >= 15 is 0 Å². The van der Waals surface area contributed by atoms with E-state index in [2.05, 4.69) is 13.8 Å². The van der Waals surface area contributed by atoms with Crippen LogP contribution in [-0.4, -0.2) is 25.2 Å². The summed E-state index contributed by atoms with van der Waals surface area (Å²) in [5.74, 6) is -0.810. The standard InChI is InChI=1S/C21H30O4/c1-3-5-7-9-11-16-25-21(23)19-14-12-13-18(17-19)20(22)24-15-10-8-6-4-2/h6,8,12-14,17H,3-5,7,9-11,15-16H2,1-2H3/b8-6+. The number of unbranched alkanes of at least 4 members (excludes halogenated alkanes) is 4. The third kappa shape index (κ3) is 9.08. The van der Waals surface area contributed by atoms with E-state index in [1.54, 1.807) is 18.2 Å². The SMILES string of the molecule is CC/C=C/CCOC(=O)c1cccc(C(=O)OCCCCCCC)c1. The van der Waals surface area contributed by atoms with Crippen molar-refractivity contribution in [2.24, 2.45) is 0 Å². The number of benzene rings is 1. The third-order valence-electron chi connectivity index (χ3n) is 3.74. The minimum Gasteiger partial charge on any atom is -0.462 e. The summed E-state index contributed by atoms with van der Waals surface area (Å²) in [4.78, 5) is 24.1. The number of hydrogen-bond donors (Lipinski definition) is 0. The van der Waals surface area contributed by atoms with Gasteiger partial charge in [0.2, 0.25) is 0 Å². The lowest BCUT2D eigenvalue weighted by Gasteiger charge is -2.07. The van der Waals surface area contributed by atoms with Crippen LogP contribution in [0, 0.1) is 0 Å². The van der Waals surface area contributed by atoms with Crippen LogP contribution in [0.4, 0.5) is 0 Å². The summed E-state index contributed by atoms with van der Waals surface area (Å²) in [6, 6.07) is 6.50. The second kappa shape index (κ2) is 13.2. The number of ether oxygens (including phenoxy) is 2. The van der Waals surface area contributed by atoms with Gasteiger partial charge in [-0.2, -0.15) is 0 Å². The number of rotatable bonds is 12. The van der Waals surface area contributed by atoms with E-state index in [9.17, 15) is 9.59 Å². The highest BCUT2D eigenvalue weighted by Gasteiger charge is 2.12. The number of carbonyl (C=O) groups is 2. The topological polar surface area (TPSA) is 52.6 Å². The number of hydrogen-bond acceptors (Lipinski definition) is 4. The quantitative estimate of drug-likeness (QED) is 0.292. The Balaban J connectivity index is 2.41. The molecule has 0 heterocycles. The first-order valence-electron chi connectivity index (χ1n) is 9.28. The summed E-state index contributed by atoms with van der Waals surface area (Å²) in [7, 11) is 0. The van der Waals surface area contributed by atoms with Crippen LogP contribution >= 0.6 is 0 Å². The van der Waals surface area contributed by atoms with Gasteiger partial charge in [0.25, 0.3) is 0 Å². The molecule has 0 spiro atoms. The second-order valence-electron chi connectivity index (χ2n) is 5.94. The third-order valence-corrected chi connectivity index (χ3v) is 3.74. The summed E-state index contributed by atoms with van der Waals surface area (Å²) in [5, 5.41) is 0. The molecule has 4 heteroatoms. The first kappa shape index (κ1) is 20.9. The van der Waals surface area contributed by atoms with Gasteiger partial charge in [-0.3, -0.25) is 0 Å². The zero-order valence-electron chi connectivity index (χ0n) is 15.5. The maximum Gasteiger partial charge on any atom is 0.338 e. The van der Waals surface area contributed by atoms with Crippen molar-refractivity contribution in [3.05, 3.63) is 47.5 Å². The van der Waals surface area contributed by atoms with Crippen LogP contribution in [0.5, 0.6) is 0 Å². The number of esters is 2. The van der Waals surface area contributed by atoms with Crippen molar-refractivity contribution in [2.75, 3.05) is 13.2 Å². The summed E-state index contributed by atoms with van der Waals surface area (Å²) in [5.41, 5.74) is 0.755. The predicted molar refractivity (Wildman–Crippen MR) is 99.8 cm³/mol. The Morgan fingerprint density at radius 1 is 0.880 bits per heavy atom. The number of allylic oxidation sites excluding steroid dienone is 1. The summed E-state index contributed by atoms with van der Waals surface area (Å²) in [6.45, 7) is 4.97. The smallest absolute Gasteiger partial charge is 0.338 e. The molecule has 0 aliphatic carbocycles. The molecule has 1 aromatic rings. The molecule has 0 fully saturated rings. The Morgan fingerprint density at radius 3 is 2.16 bits per heavy atom. The first-order valence-corrected chi connectivity index (χ1v) is 9.28. The lowest BCUT2D eigenvalue weighted by Crippen LogP contribution is -2.10.